The van der Waals surface area contributed by atoms with Gasteiger partial charge in [-0.15, -0.1) is 0 Å². The predicted octanol–water partition coefficient (Wildman–Crippen LogP) is 4.13. The lowest BCUT2D eigenvalue weighted by atomic mass is 9.90. The molecule has 1 aliphatic rings. The molecule has 0 aliphatic carbocycles. The van der Waals surface area contributed by atoms with Gasteiger partial charge in [0.25, 0.3) is 5.91 Å². The minimum Gasteiger partial charge on any atom is -0.497 e. The molecule has 32 heavy (non-hydrogen) atoms. The first-order chi connectivity index (χ1) is 15.3. The Morgan fingerprint density at radius 2 is 1.69 bits per heavy atom. The van der Waals surface area contributed by atoms with Gasteiger partial charge in [-0.1, -0.05) is 32.0 Å². The van der Waals surface area contributed by atoms with Gasteiger partial charge < -0.3 is 9.64 Å². The molecule has 0 saturated carbocycles. The van der Waals surface area contributed by atoms with E-state index in [1.54, 1.807) is 32.2 Å². The number of piperidine rings is 1. The minimum atomic E-state index is -3.61. The number of methoxy groups -OCH3 is 1. The molecule has 0 unspecified atom stereocenters. The monoisotopic (exact) mass is 458 g/mol. The fourth-order valence-corrected chi connectivity index (χ4v) is 6.04. The van der Waals surface area contributed by atoms with Crippen molar-refractivity contribution < 1.29 is 17.9 Å². The van der Waals surface area contributed by atoms with Crippen molar-refractivity contribution >= 4 is 15.9 Å². The fourth-order valence-electron chi connectivity index (χ4n) is 4.33. The van der Waals surface area contributed by atoms with Crippen LogP contribution in [0.1, 0.15) is 48.2 Å². The number of hydrogen-bond acceptors (Lipinski definition) is 4. The molecule has 1 amide bonds. The number of likely N-dealkylation sites (tertiary alicyclic amines) is 1. The molecule has 1 fully saturated rings. The van der Waals surface area contributed by atoms with Crippen LogP contribution in [0.15, 0.2) is 47.4 Å². The molecule has 1 saturated heterocycles. The van der Waals surface area contributed by atoms with E-state index in [1.807, 2.05) is 30.9 Å². The quantitative estimate of drug-likeness (QED) is 0.597. The van der Waals surface area contributed by atoms with Gasteiger partial charge in [0.1, 0.15) is 5.75 Å². The van der Waals surface area contributed by atoms with Crippen LogP contribution in [0.2, 0.25) is 0 Å². The molecule has 1 heterocycles. The van der Waals surface area contributed by atoms with E-state index in [4.69, 9.17) is 4.74 Å². The first kappa shape index (κ1) is 24.3. The molecule has 1 aliphatic heterocycles. The van der Waals surface area contributed by atoms with Crippen LogP contribution in [0, 0.1) is 12.8 Å². The minimum absolute atomic E-state index is 0.0936. The molecule has 2 aromatic carbocycles. The summed E-state index contributed by atoms with van der Waals surface area (Å²) in [6, 6.07) is 13.2. The average molecular weight is 459 g/mol. The lowest BCUT2D eigenvalue weighted by Gasteiger charge is -2.32. The maximum absolute atomic E-state index is 13.1. The Hall–Kier alpha value is -2.38. The third kappa shape index (κ3) is 5.33. The summed E-state index contributed by atoms with van der Waals surface area (Å²) in [5.41, 5.74) is 2.38. The first-order valence-electron chi connectivity index (χ1n) is 11.3. The Labute approximate surface area is 192 Å². The number of amides is 1. The Morgan fingerprint density at radius 3 is 2.25 bits per heavy atom. The molecule has 3 rings (SSSR count). The standard InChI is InChI=1S/C25H34N2O4S/c1-5-27(6-2)32(29,30)24-18-22(10-7-19(24)3)25(28)26-15-13-21(14-16-26)17-20-8-11-23(31-4)12-9-20/h7-12,18,21H,5-6,13-17H2,1-4H3. The molecular weight excluding hydrogens is 424 g/mol. The van der Waals surface area contributed by atoms with E-state index in [0.29, 0.717) is 43.2 Å². The van der Waals surface area contributed by atoms with E-state index in [-0.39, 0.29) is 10.8 Å². The van der Waals surface area contributed by atoms with Gasteiger partial charge in [-0.05, 0) is 67.5 Å². The van der Waals surface area contributed by atoms with Crippen LogP contribution in [0.3, 0.4) is 0 Å². The van der Waals surface area contributed by atoms with E-state index in [9.17, 15) is 13.2 Å². The van der Waals surface area contributed by atoms with Crippen molar-refractivity contribution in [2.75, 3.05) is 33.3 Å². The third-order valence-electron chi connectivity index (χ3n) is 6.34. The highest BCUT2D eigenvalue weighted by Crippen LogP contribution is 2.26. The van der Waals surface area contributed by atoms with Crippen LogP contribution in [0.5, 0.6) is 5.75 Å². The van der Waals surface area contributed by atoms with E-state index in [0.717, 1.165) is 25.0 Å². The summed E-state index contributed by atoms with van der Waals surface area (Å²) >= 11 is 0. The van der Waals surface area contributed by atoms with Crippen molar-refractivity contribution in [1.29, 1.82) is 0 Å². The van der Waals surface area contributed by atoms with Crippen LogP contribution in [0.25, 0.3) is 0 Å². The molecule has 6 nitrogen and oxygen atoms in total. The Balaban J connectivity index is 1.67. The van der Waals surface area contributed by atoms with Crippen LogP contribution in [-0.4, -0.2) is 56.8 Å². The number of nitrogens with zero attached hydrogens (tertiary/aromatic N) is 2. The number of carbonyl (C=O) groups excluding carboxylic acids is 1. The van der Waals surface area contributed by atoms with Gasteiger partial charge in [0.15, 0.2) is 0 Å². The molecule has 2 aromatic rings. The van der Waals surface area contributed by atoms with Crippen LogP contribution in [0.4, 0.5) is 0 Å². The molecule has 0 spiro atoms. The number of carbonyl (C=O) groups is 1. The van der Waals surface area contributed by atoms with E-state index >= 15 is 0 Å². The number of benzene rings is 2. The van der Waals surface area contributed by atoms with Gasteiger partial charge in [-0.25, -0.2) is 8.42 Å². The van der Waals surface area contributed by atoms with Gasteiger partial charge in [0.05, 0.1) is 12.0 Å². The molecule has 0 radical (unpaired) electrons. The maximum atomic E-state index is 13.1. The van der Waals surface area contributed by atoms with E-state index in [1.165, 1.54) is 9.87 Å². The molecular formula is C25H34N2O4S. The fraction of sp³-hybridized carbons (Fsp3) is 0.480. The van der Waals surface area contributed by atoms with Crippen LogP contribution in [-0.2, 0) is 16.4 Å². The smallest absolute Gasteiger partial charge is 0.253 e. The average Bonchev–Trinajstić information content (AvgIpc) is 2.80. The second kappa shape index (κ2) is 10.5. The number of sulfonamides is 1. The SMILES string of the molecule is CCN(CC)S(=O)(=O)c1cc(C(=O)N2CCC(Cc3ccc(OC)cc3)CC2)ccc1C. The molecule has 0 N–H and O–H groups in total. The predicted molar refractivity (Wildman–Crippen MR) is 127 cm³/mol. The Morgan fingerprint density at radius 1 is 1.06 bits per heavy atom. The van der Waals surface area contributed by atoms with Gasteiger partial charge in [-0.2, -0.15) is 4.31 Å². The summed E-state index contributed by atoms with van der Waals surface area (Å²) < 4.78 is 32.7. The number of hydrogen-bond donors (Lipinski definition) is 0. The number of aryl methyl sites for hydroxylation is 1. The zero-order chi connectivity index (χ0) is 23.3. The van der Waals surface area contributed by atoms with Crippen molar-refractivity contribution in [3.05, 3.63) is 59.2 Å². The number of rotatable bonds is 8. The highest BCUT2D eigenvalue weighted by molar-refractivity contribution is 7.89. The van der Waals surface area contributed by atoms with Crippen molar-refractivity contribution in [3.8, 4) is 5.75 Å². The molecule has 7 heteroatoms. The largest absolute Gasteiger partial charge is 0.497 e. The summed E-state index contributed by atoms with van der Waals surface area (Å²) in [5, 5.41) is 0. The van der Waals surface area contributed by atoms with Gasteiger partial charge in [0, 0.05) is 31.7 Å². The van der Waals surface area contributed by atoms with E-state index < -0.39 is 10.0 Å². The summed E-state index contributed by atoms with van der Waals surface area (Å²) in [6.07, 6.45) is 2.87. The second-order valence-electron chi connectivity index (χ2n) is 8.36. The molecule has 0 atom stereocenters. The maximum Gasteiger partial charge on any atom is 0.253 e. The molecule has 0 bridgehead atoms. The normalized spacial score (nSPS) is 15.2. The highest BCUT2D eigenvalue weighted by atomic mass is 32.2. The first-order valence-corrected chi connectivity index (χ1v) is 12.8. The topological polar surface area (TPSA) is 66.9 Å². The van der Waals surface area contributed by atoms with Crippen LogP contribution >= 0.6 is 0 Å². The summed E-state index contributed by atoms with van der Waals surface area (Å²) in [5.74, 6) is 1.29. The summed E-state index contributed by atoms with van der Waals surface area (Å²) in [7, 11) is -1.95. The number of ether oxygens (including phenoxy) is 1. The van der Waals surface area contributed by atoms with Gasteiger partial charge in [0.2, 0.25) is 10.0 Å². The van der Waals surface area contributed by atoms with E-state index in [2.05, 4.69) is 12.1 Å². The van der Waals surface area contributed by atoms with Gasteiger partial charge in [-0.3, -0.25) is 4.79 Å². The lowest BCUT2D eigenvalue weighted by Crippen LogP contribution is -2.39. The van der Waals surface area contributed by atoms with Crippen molar-refractivity contribution in [3.63, 3.8) is 0 Å². The lowest BCUT2D eigenvalue weighted by molar-refractivity contribution is 0.0690. The Kier molecular flexibility index (Phi) is 7.96. The zero-order valence-corrected chi connectivity index (χ0v) is 20.3. The van der Waals surface area contributed by atoms with Crippen molar-refractivity contribution in [2.45, 2.75) is 44.9 Å². The second-order valence-corrected chi connectivity index (χ2v) is 10.3. The van der Waals surface area contributed by atoms with Gasteiger partial charge >= 0.3 is 0 Å². The van der Waals surface area contributed by atoms with Crippen LogP contribution < -0.4 is 4.74 Å². The summed E-state index contributed by atoms with van der Waals surface area (Å²) in [6.45, 7) is 7.59. The zero-order valence-electron chi connectivity index (χ0n) is 19.5. The summed E-state index contributed by atoms with van der Waals surface area (Å²) in [4.78, 5) is 15.2. The molecule has 174 valence electrons. The third-order valence-corrected chi connectivity index (χ3v) is 8.54. The Bertz CT molecular complexity index is 1020. The highest BCUT2D eigenvalue weighted by Gasteiger charge is 2.27. The van der Waals surface area contributed by atoms with Crippen molar-refractivity contribution in [1.82, 2.24) is 9.21 Å². The molecule has 0 aromatic heterocycles. The van der Waals surface area contributed by atoms with Crippen molar-refractivity contribution in [2.24, 2.45) is 5.92 Å².